The standard InChI is InChI=1S/C14H15N5O4S/c1-5-9(20)16-8-6-7-15-14(17-8)24-10-11(21-2)18-13(23-4)19-12(10)22-3/h5-7H,1H2,2-4H3,(H,15,16,17,20). The molecule has 1 amide bonds. The van der Waals surface area contributed by atoms with E-state index in [1.807, 2.05) is 0 Å². The first-order chi connectivity index (χ1) is 11.6. The van der Waals surface area contributed by atoms with Gasteiger partial charge in [-0.25, -0.2) is 9.97 Å². The van der Waals surface area contributed by atoms with E-state index in [9.17, 15) is 4.79 Å². The molecule has 2 aromatic rings. The van der Waals surface area contributed by atoms with E-state index in [0.29, 0.717) is 15.9 Å². The van der Waals surface area contributed by atoms with Crippen LogP contribution in [0.5, 0.6) is 17.8 Å². The smallest absolute Gasteiger partial charge is 0.322 e. The molecular formula is C14H15N5O4S. The van der Waals surface area contributed by atoms with Crippen LogP contribution in [0.2, 0.25) is 0 Å². The van der Waals surface area contributed by atoms with Crippen LogP contribution in [0.4, 0.5) is 5.82 Å². The zero-order valence-electron chi connectivity index (χ0n) is 13.3. The Morgan fingerprint density at radius 3 is 2.38 bits per heavy atom. The molecule has 0 spiro atoms. The third-order valence-electron chi connectivity index (χ3n) is 2.62. The molecule has 0 aliphatic carbocycles. The van der Waals surface area contributed by atoms with Gasteiger partial charge in [0.15, 0.2) is 5.16 Å². The van der Waals surface area contributed by atoms with E-state index in [2.05, 4.69) is 31.8 Å². The molecule has 0 fully saturated rings. The van der Waals surface area contributed by atoms with Gasteiger partial charge in [0.05, 0.1) is 21.3 Å². The van der Waals surface area contributed by atoms with Crippen molar-refractivity contribution >= 4 is 23.5 Å². The molecule has 2 rings (SSSR count). The average molecular weight is 349 g/mol. The maximum atomic E-state index is 11.4. The quantitative estimate of drug-likeness (QED) is 0.588. The van der Waals surface area contributed by atoms with Crippen LogP contribution in [-0.4, -0.2) is 47.2 Å². The Labute approximate surface area is 142 Å². The zero-order valence-corrected chi connectivity index (χ0v) is 14.1. The number of rotatable bonds is 7. The number of nitrogens with one attached hydrogen (secondary N) is 1. The highest BCUT2D eigenvalue weighted by Crippen LogP contribution is 2.39. The molecule has 0 aromatic carbocycles. The van der Waals surface area contributed by atoms with Gasteiger partial charge >= 0.3 is 6.01 Å². The minimum atomic E-state index is -0.368. The lowest BCUT2D eigenvalue weighted by atomic mass is 10.5. The summed E-state index contributed by atoms with van der Waals surface area (Å²) in [6.45, 7) is 3.39. The molecular weight excluding hydrogens is 334 g/mol. The Balaban J connectivity index is 2.35. The fourth-order valence-corrected chi connectivity index (χ4v) is 2.45. The van der Waals surface area contributed by atoms with Gasteiger partial charge in [-0.2, -0.15) is 9.97 Å². The minimum Gasteiger partial charge on any atom is -0.480 e. The number of nitrogens with zero attached hydrogens (tertiary/aromatic N) is 4. The Bertz CT molecular complexity index is 731. The summed E-state index contributed by atoms with van der Waals surface area (Å²) >= 11 is 1.13. The van der Waals surface area contributed by atoms with E-state index in [0.717, 1.165) is 17.8 Å². The molecule has 0 aliphatic rings. The predicted octanol–water partition coefficient (Wildman–Crippen LogP) is 1.57. The third-order valence-corrected chi connectivity index (χ3v) is 3.55. The summed E-state index contributed by atoms with van der Waals surface area (Å²) in [7, 11) is 4.37. The van der Waals surface area contributed by atoms with Crippen molar-refractivity contribution in [3.05, 3.63) is 24.9 Å². The molecule has 0 saturated carbocycles. The lowest BCUT2D eigenvalue weighted by molar-refractivity contribution is -0.111. The predicted molar refractivity (Wildman–Crippen MR) is 86.7 cm³/mol. The van der Waals surface area contributed by atoms with Crippen molar-refractivity contribution in [1.29, 1.82) is 0 Å². The summed E-state index contributed by atoms with van der Waals surface area (Å²) in [6, 6.07) is 1.67. The zero-order chi connectivity index (χ0) is 17.5. The van der Waals surface area contributed by atoms with E-state index in [1.54, 1.807) is 6.07 Å². The summed E-state index contributed by atoms with van der Waals surface area (Å²) < 4.78 is 15.5. The number of hydrogen-bond acceptors (Lipinski definition) is 9. The number of ether oxygens (including phenoxy) is 3. The van der Waals surface area contributed by atoms with Crippen molar-refractivity contribution in [2.75, 3.05) is 26.6 Å². The Morgan fingerprint density at radius 1 is 1.17 bits per heavy atom. The largest absolute Gasteiger partial charge is 0.480 e. The van der Waals surface area contributed by atoms with Crippen molar-refractivity contribution < 1.29 is 19.0 Å². The summed E-state index contributed by atoms with van der Waals surface area (Å²) in [5, 5.41) is 2.91. The molecule has 10 heteroatoms. The van der Waals surface area contributed by atoms with Gasteiger partial charge in [-0.1, -0.05) is 6.58 Å². The van der Waals surface area contributed by atoms with Gasteiger partial charge in [-0.3, -0.25) is 4.79 Å². The fraction of sp³-hybridized carbons (Fsp3) is 0.214. The number of anilines is 1. The molecule has 9 nitrogen and oxygen atoms in total. The monoisotopic (exact) mass is 349 g/mol. The highest BCUT2D eigenvalue weighted by molar-refractivity contribution is 7.99. The van der Waals surface area contributed by atoms with Crippen molar-refractivity contribution in [2.24, 2.45) is 0 Å². The maximum Gasteiger partial charge on any atom is 0.322 e. The molecule has 24 heavy (non-hydrogen) atoms. The maximum absolute atomic E-state index is 11.4. The molecule has 0 radical (unpaired) electrons. The highest BCUT2D eigenvalue weighted by atomic mass is 32.2. The van der Waals surface area contributed by atoms with Crippen molar-refractivity contribution in [3.63, 3.8) is 0 Å². The van der Waals surface area contributed by atoms with Crippen LogP contribution < -0.4 is 19.5 Å². The average Bonchev–Trinajstić information content (AvgIpc) is 2.61. The van der Waals surface area contributed by atoms with E-state index in [-0.39, 0.29) is 23.7 Å². The van der Waals surface area contributed by atoms with Crippen LogP contribution >= 0.6 is 11.8 Å². The van der Waals surface area contributed by atoms with Gasteiger partial charge in [-0.15, -0.1) is 0 Å². The normalized spacial score (nSPS) is 9.96. The van der Waals surface area contributed by atoms with Crippen molar-refractivity contribution in [1.82, 2.24) is 19.9 Å². The number of amides is 1. The summed E-state index contributed by atoms with van der Waals surface area (Å²) in [5.41, 5.74) is 0. The van der Waals surface area contributed by atoms with Gasteiger partial charge in [0.2, 0.25) is 17.7 Å². The second-order valence-corrected chi connectivity index (χ2v) is 5.06. The van der Waals surface area contributed by atoms with Crippen LogP contribution in [-0.2, 0) is 4.79 Å². The van der Waals surface area contributed by atoms with E-state index >= 15 is 0 Å². The number of methoxy groups -OCH3 is 3. The number of carbonyl (C=O) groups excluding carboxylic acids is 1. The third kappa shape index (κ3) is 4.10. The Hall–Kier alpha value is -2.88. The highest BCUT2D eigenvalue weighted by Gasteiger charge is 2.19. The molecule has 0 bridgehead atoms. The number of aromatic nitrogens is 4. The first kappa shape index (κ1) is 17.5. The molecule has 0 aliphatic heterocycles. The van der Waals surface area contributed by atoms with Crippen LogP contribution in [0.1, 0.15) is 0 Å². The van der Waals surface area contributed by atoms with Gasteiger partial charge in [0, 0.05) is 6.20 Å². The van der Waals surface area contributed by atoms with Crippen LogP contribution in [0.25, 0.3) is 0 Å². The van der Waals surface area contributed by atoms with E-state index in [4.69, 9.17) is 14.2 Å². The van der Waals surface area contributed by atoms with Gasteiger partial charge < -0.3 is 19.5 Å². The van der Waals surface area contributed by atoms with Crippen LogP contribution in [0.3, 0.4) is 0 Å². The molecule has 1 N–H and O–H groups in total. The van der Waals surface area contributed by atoms with Gasteiger partial charge in [0.25, 0.3) is 0 Å². The van der Waals surface area contributed by atoms with E-state index < -0.39 is 0 Å². The first-order valence-corrected chi connectivity index (χ1v) is 7.41. The Kier molecular flexibility index (Phi) is 5.90. The van der Waals surface area contributed by atoms with E-state index in [1.165, 1.54) is 27.5 Å². The number of hydrogen-bond donors (Lipinski definition) is 1. The molecule has 0 atom stereocenters. The summed E-state index contributed by atoms with van der Waals surface area (Å²) in [4.78, 5) is 28.4. The first-order valence-electron chi connectivity index (χ1n) is 6.59. The lowest BCUT2D eigenvalue weighted by Gasteiger charge is -2.11. The molecule has 2 aromatic heterocycles. The van der Waals surface area contributed by atoms with Crippen molar-refractivity contribution in [3.8, 4) is 17.8 Å². The number of carbonyl (C=O) groups is 1. The Morgan fingerprint density at radius 2 is 1.83 bits per heavy atom. The SMILES string of the molecule is C=CC(=O)Nc1ccnc(Sc2c(OC)nc(OC)nc2OC)n1. The van der Waals surface area contributed by atoms with Gasteiger partial charge in [-0.05, 0) is 23.9 Å². The molecule has 0 saturated heterocycles. The fourth-order valence-electron chi connectivity index (χ4n) is 1.58. The van der Waals surface area contributed by atoms with Crippen molar-refractivity contribution in [2.45, 2.75) is 10.1 Å². The van der Waals surface area contributed by atoms with Gasteiger partial charge in [0.1, 0.15) is 10.7 Å². The topological polar surface area (TPSA) is 108 Å². The molecule has 0 unspecified atom stereocenters. The minimum absolute atomic E-state index is 0.112. The summed E-state index contributed by atoms with van der Waals surface area (Å²) in [5.74, 6) is 0.484. The second kappa shape index (κ2) is 8.11. The molecule has 2 heterocycles. The lowest BCUT2D eigenvalue weighted by Crippen LogP contribution is -2.09. The second-order valence-electron chi connectivity index (χ2n) is 4.08. The van der Waals surface area contributed by atoms with Crippen LogP contribution in [0.15, 0.2) is 35.0 Å². The molecule has 126 valence electrons. The van der Waals surface area contributed by atoms with Crippen LogP contribution in [0, 0.1) is 0 Å². The summed E-state index contributed by atoms with van der Waals surface area (Å²) in [6.07, 6.45) is 2.66.